The van der Waals surface area contributed by atoms with E-state index in [0.29, 0.717) is 16.5 Å². The van der Waals surface area contributed by atoms with Crippen molar-refractivity contribution in [1.29, 1.82) is 0 Å². The Kier molecular flexibility index (Phi) is 1.87. The quantitative estimate of drug-likeness (QED) is 0.704. The number of benzene rings is 1. The Morgan fingerprint density at radius 1 is 1.67 bits per heavy atom. The number of hydrogen-bond acceptors (Lipinski definition) is 2. The van der Waals surface area contributed by atoms with Gasteiger partial charge in [0, 0.05) is 23.5 Å². The number of rotatable bonds is 3. The van der Waals surface area contributed by atoms with Crippen molar-refractivity contribution in [2.75, 3.05) is 0 Å². The Morgan fingerprint density at radius 3 is 3.13 bits per heavy atom. The number of nitrogens with two attached hydrogens (primary N) is 1. The largest absolute Gasteiger partial charge is 0.480 e. The summed E-state index contributed by atoms with van der Waals surface area (Å²) >= 11 is 0. The zero-order valence-corrected chi connectivity index (χ0v) is 7.97. The summed E-state index contributed by atoms with van der Waals surface area (Å²) in [5.41, 5.74) is 6.56. The first-order valence-corrected chi connectivity index (χ1v) is 4.59. The Morgan fingerprint density at radius 2 is 2.40 bits per heavy atom. The maximum Gasteiger partial charge on any atom is 0.320 e. The number of aromatic amines is 1. The molecule has 15 heavy (non-hydrogen) atoms. The second-order valence-electron chi connectivity index (χ2n) is 3.37. The minimum atomic E-state index is -1.11. The zero-order valence-electron chi connectivity index (χ0n) is 9.97. The van der Waals surface area contributed by atoms with Crippen molar-refractivity contribution in [2.24, 2.45) is 5.73 Å². The van der Waals surface area contributed by atoms with Gasteiger partial charge in [-0.2, -0.15) is 0 Å². The Labute approximate surface area is 89.6 Å². The fraction of sp³-hybridized carbons (Fsp3) is 0.182. The fourth-order valence-electron chi connectivity index (χ4n) is 1.48. The van der Waals surface area contributed by atoms with E-state index in [0.717, 1.165) is 4.98 Å². The molecule has 2 aromatic rings. The van der Waals surface area contributed by atoms with Gasteiger partial charge in [0.15, 0.2) is 1.41 Å². The van der Waals surface area contributed by atoms with E-state index >= 15 is 0 Å². The average Bonchev–Trinajstić information content (AvgIpc) is 2.55. The number of para-hydroxylation sites is 1. The van der Waals surface area contributed by atoms with Crippen LogP contribution in [0.15, 0.2) is 30.4 Å². The first-order valence-electron chi connectivity index (χ1n) is 5.53. The standard InChI is InChI=1S/C11H12N2O2/c12-9(11(14)15)5-7-6-13-10-4-2-1-3-8(7)10/h1-4,6,9,13H,5,12H2,(H,14,15)/t9-/m0/s1/i6D/hD. The van der Waals surface area contributed by atoms with Gasteiger partial charge >= 0.3 is 5.97 Å². The highest BCUT2D eigenvalue weighted by molar-refractivity contribution is 5.84. The molecule has 0 unspecified atom stereocenters. The molecule has 0 aliphatic rings. The lowest BCUT2D eigenvalue weighted by Crippen LogP contribution is -2.32. The molecule has 4 heteroatoms. The van der Waals surface area contributed by atoms with Gasteiger partial charge in [-0.25, -0.2) is 0 Å². The highest BCUT2D eigenvalue weighted by atomic mass is 16.4. The maximum atomic E-state index is 10.7. The van der Waals surface area contributed by atoms with E-state index in [1.54, 1.807) is 24.3 Å². The van der Waals surface area contributed by atoms with Gasteiger partial charge in [-0.05, 0) is 11.6 Å². The molecule has 2 rings (SSSR count). The van der Waals surface area contributed by atoms with Crippen LogP contribution < -0.4 is 5.73 Å². The maximum absolute atomic E-state index is 10.7. The molecule has 78 valence electrons. The van der Waals surface area contributed by atoms with Crippen LogP contribution in [-0.2, 0) is 11.2 Å². The molecule has 0 bridgehead atoms. The van der Waals surface area contributed by atoms with Gasteiger partial charge in [0.1, 0.15) is 6.04 Å². The van der Waals surface area contributed by atoms with Crippen LogP contribution in [0, 0.1) is 0 Å². The van der Waals surface area contributed by atoms with E-state index in [4.69, 9.17) is 13.6 Å². The van der Waals surface area contributed by atoms with Crippen molar-refractivity contribution < 1.29 is 12.7 Å². The first kappa shape index (κ1) is 7.48. The van der Waals surface area contributed by atoms with Crippen molar-refractivity contribution >= 4 is 16.9 Å². The molecule has 0 saturated carbocycles. The molecule has 1 aromatic carbocycles. The van der Waals surface area contributed by atoms with Crippen LogP contribution in [0.1, 0.15) is 6.93 Å². The number of carboxylic acids is 1. The molecule has 0 amide bonds. The molecular formula is C11H12N2O2. The first-order chi connectivity index (χ1) is 8.02. The summed E-state index contributed by atoms with van der Waals surface area (Å²) in [4.78, 5) is 11.7. The Bertz CT molecular complexity index is 580. The number of fused-ring (bicyclic) bond motifs is 1. The normalized spacial score (nSPS) is 14.7. The van der Waals surface area contributed by atoms with Crippen LogP contribution in [0.4, 0.5) is 0 Å². The molecule has 4 nitrogen and oxygen atoms in total. The van der Waals surface area contributed by atoms with Crippen molar-refractivity contribution in [1.82, 2.24) is 4.98 Å². The number of nitrogens with one attached hydrogen (secondary N) is 1. The number of aromatic nitrogens is 1. The number of H-pyrrole nitrogens is 1. The highest BCUT2D eigenvalue weighted by Crippen LogP contribution is 2.18. The van der Waals surface area contributed by atoms with Crippen molar-refractivity contribution in [3.63, 3.8) is 0 Å². The lowest BCUT2D eigenvalue weighted by Gasteiger charge is -2.04. The van der Waals surface area contributed by atoms with Gasteiger partial charge in [0.2, 0.25) is 0 Å². The summed E-state index contributed by atoms with van der Waals surface area (Å²) in [5, 5.41) is 9.49. The molecule has 1 aromatic heterocycles. The van der Waals surface area contributed by atoms with Gasteiger partial charge in [-0.15, -0.1) is 0 Å². The molecule has 0 spiro atoms. The van der Waals surface area contributed by atoms with Gasteiger partial charge in [-0.1, -0.05) is 18.2 Å². The lowest BCUT2D eigenvalue weighted by atomic mass is 10.1. The van der Waals surface area contributed by atoms with Gasteiger partial charge < -0.3 is 15.8 Å². The number of carbonyl (C=O) groups is 1. The van der Waals surface area contributed by atoms with E-state index in [9.17, 15) is 4.79 Å². The second-order valence-corrected chi connectivity index (χ2v) is 3.37. The van der Waals surface area contributed by atoms with Crippen LogP contribution in [0.25, 0.3) is 10.9 Å². The molecule has 0 aliphatic heterocycles. The summed E-state index contributed by atoms with van der Waals surface area (Å²) in [7, 11) is 0. The van der Waals surface area contributed by atoms with E-state index in [1.165, 1.54) is 0 Å². The van der Waals surface area contributed by atoms with E-state index in [-0.39, 0.29) is 12.6 Å². The summed E-state index contributed by atoms with van der Waals surface area (Å²) in [5.74, 6) is -1.11. The summed E-state index contributed by atoms with van der Waals surface area (Å²) in [6, 6.07) is 5.99. The monoisotopic (exact) mass is 206 g/mol. The average molecular weight is 206 g/mol. The summed E-state index contributed by atoms with van der Waals surface area (Å²) < 4.78 is 15.5. The lowest BCUT2D eigenvalue weighted by molar-refractivity contribution is -0.138. The summed E-state index contributed by atoms with van der Waals surface area (Å²) in [6.07, 6.45) is 0.0449. The minimum absolute atomic E-state index is 0.0112. The van der Waals surface area contributed by atoms with E-state index < -0.39 is 12.0 Å². The highest BCUT2D eigenvalue weighted by Gasteiger charge is 2.14. The van der Waals surface area contributed by atoms with Crippen molar-refractivity contribution in [3.05, 3.63) is 36.0 Å². The predicted molar refractivity (Wildman–Crippen MR) is 57.6 cm³/mol. The van der Waals surface area contributed by atoms with Crippen LogP contribution in [0.5, 0.6) is 0 Å². The molecule has 0 aliphatic carbocycles. The molecule has 0 saturated heterocycles. The molecule has 0 fully saturated rings. The SMILES string of the molecule is [2H]c1c(C[C@H](N)C(=O)O)c2ccccc2n1[2H]. The van der Waals surface area contributed by atoms with Crippen LogP contribution >= 0.6 is 0 Å². The van der Waals surface area contributed by atoms with Gasteiger partial charge in [0.05, 0.1) is 1.37 Å². The van der Waals surface area contributed by atoms with Gasteiger partial charge in [0.25, 0.3) is 0 Å². The topological polar surface area (TPSA) is 79.1 Å². The van der Waals surface area contributed by atoms with Crippen LogP contribution in [0.2, 0.25) is 1.41 Å². The third-order valence-electron chi connectivity index (χ3n) is 2.28. The predicted octanol–water partition coefficient (Wildman–Crippen LogP) is 1.12. The molecular weight excluding hydrogens is 192 g/mol. The van der Waals surface area contributed by atoms with Crippen molar-refractivity contribution in [3.8, 4) is 0 Å². The van der Waals surface area contributed by atoms with Crippen LogP contribution in [-0.4, -0.2) is 22.1 Å². The number of carboxylic acid groups (broad SMARTS) is 1. The third kappa shape index (κ3) is 1.85. The Balaban J connectivity index is 2.53. The third-order valence-corrected chi connectivity index (χ3v) is 2.28. The summed E-state index contributed by atoms with van der Waals surface area (Å²) in [6.45, 7) is 0. The van der Waals surface area contributed by atoms with Crippen LogP contribution in [0.3, 0.4) is 0 Å². The zero-order chi connectivity index (χ0) is 12.6. The van der Waals surface area contributed by atoms with Gasteiger partial charge in [-0.3, -0.25) is 4.79 Å². The smallest absolute Gasteiger partial charge is 0.320 e. The van der Waals surface area contributed by atoms with E-state index in [2.05, 4.69) is 0 Å². The molecule has 0 radical (unpaired) electrons. The number of aliphatic carboxylic acids is 1. The Hall–Kier alpha value is -1.81. The van der Waals surface area contributed by atoms with Crippen molar-refractivity contribution in [2.45, 2.75) is 12.5 Å². The molecule has 4 N–H and O–H groups in total. The number of hydrogen-bond donors (Lipinski definition) is 3. The van der Waals surface area contributed by atoms with E-state index in [1.807, 2.05) is 0 Å². The molecule has 1 atom stereocenters. The fourth-order valence-corrected chi connectivity index (χ4v) is 1.48. The second kappa shape index (κ2) is 3.74. The minimum Gasteiger partial charge on any atom is -0.480 e. The molecule has 1 heterocycles.